The van der Waals surface area contributed by atoms with E-state index in [1.54, 1.807) is 18.2 Å². The number of aromatic nitrogens is 1. The number of hydrogen-bond acceptors (Lipinski definition) is 4. The van der Waals surface area contributed by atoms with Gasteiger partial charge in [0.05, 0.1) is 22.5 Å². The van der Waals surface area contributed by atoms with Gasteiger partial charge in [0.2, 0.25) is 0 Å². The molecule has 4 rings (SSSR count). The molecule has 0 bridgehead atoms. The quantitative estimate of drug-likeness (QED) is 0.305. The fourth-order valence-electron chi connectivity index (χ4n) is 3.09. The second-order valence-electron chi connectivity index (χ2n) is 6.69. The number of pyridine rings is 1. The van der Waals surface area contributed by atoms with E-state index < -0.39 is 18.5 Å². The smallest absolute Gasteiger partial charge is 0.339 e. The minimum Gasteiger partial charge on any atom is -0.452 e. The molecule has 31 heavy (non-hydrogen) atoms. The molecule has 0 aliphatic rings. The van der Waals surface area contributed by atoms with Gasteiger partial charge in [0.15, 0.2) is 6.61 Å². The number of rotatable bonds is 5. The van der Waals surface area contributed by atoms with Gasteiger partial charge in [0.25, 0.3) is 5.91 Å². The number of halogens is 2. The van der Waals surface area contributed by atoms with Crippen molar-refractivity contribution in [1.29, 1.82) is 0 Å². The zero-order chi connectivity index (χ0) is 21.8. The number of anilines is 1. The maximum absolute atomic E-state index is 12.9. The van der Waals surface area contributed by atoms with E-state index in [-0.39, 0.29) is 0 Å². The van der Waals surface area contributed by atoms with Crippen molar-refractivity contribution >= 4 is 60.3 Å². The van der Waals surface area contributed by atoms with Crippen molar-refractivity contribution in [1.82, 2.24) is 4.98 Å². The fraction of sp³-hybridized carbons (Fsp3) is 0.0417. The van der Waals surface area contributed by atoms with Crippen molar-refractivity contribution < 1.29 is 14.3 Å². The number of carbonyl (C=O) groups excluding carboxylic acids is 2. The SMILES string of the molecule is O=C(COC(=O)c1cc(-c2ccccc2)nc2ccccc12)Nc1ccc(Br)cc1Br. The lowest BCUT2D eigenvalue weighted by Crippen LogP contribution is -2.21. The molecule has 7 heteroatoms. The molecule has 0 fully saturated rings. The Morgan fingerprint density at radius 2 is 1.65 bits per heavy atom. The summed E-state index contributed by atoms with van der Waals surface area (Å²) >= 11 is 6.75. The number of nitrogens with zero attached hydrogens (tertiary/aromatic N) is 1. The number of ether oxygens (including phenoxy) is 1. The lowest BCUT2D eigenvalue weighted by atomic mass is 10.0. The van der Waals surface area contributed by atoms with Gasteiger partial charge in [-0.15, -0.1) is 0 Å². The summed E-state index contributed by atoms with van der Waals surface area (Å²) in [5, 5.41) is 3.39. The maximum Gasteiger partial charge on any atom is 0.339 e. The van der Waals surface area contributed by atoms with E-state index >= 15 is 0 Å². The summed E-state index contributed by atoms with van der Waals surface area (Å²) in [6.45, 7) is -0.404. The van der Waals surface area contributed by atoms with Crippen molar-refractivity contribution in [2.45, 2.75) is 0 Å². The molecule has 1 N–H and O–H groups in total. The van der Waals surface area contributed by atoms with E-state index in [0.29, 0.717) is 32.3 Å². The van der Waals surface area contributed by atoms with Crippen LogP contribution in [0.4, 0.5) is 5.69 Å². The molecule has 0 saturated heterocycles. The monoisotopic (exact) mass is 538 g/mol. The molecule has 4 aromatic rings. The highest BCUT2D eigenvalue weighted by molar-refractivity contribution is 9.11. The molecule has 1 aromatic heterocycles. The molecule has 0 saturated carbocycles. The number of carbonyl (C=O) groups is 2. The Kier molecular flexibility index (Phi) is 6.44. The van der Waals surface area contributed by atoms with Gasteiger partial charge < -0.3 is 10.1 Å². The molecule has 0 radical (unpaired) electrons. The molecule has 0 aliphatic heterocycles. The van der Waals surface area contributed by atoms with Crippen molar-refractivity contribution in [3.8, 4) is 11.3 Å². The van der Waals surface area contributed by atoms with Crippen LogP contribution in [0.5, 0.6) is 0 Å². The predicted octanol–water partition coefficient (Wildman–Crippen LogP) is 6.22. The third-order valence-corrected chi connectivity index (χ3v) is 5.69. The molecule has 3 aromatic carbocycles. The van der Waals surface area contributed by atoms with Crippen molar-refractivity contribution in [3.63, 3.8) is 0 Å². The summed E-state index contributed by atoms with van der Waals surface area (Å²) in [4.78, 5) is 29.8. The van der Waals surface area contributed by atoms with Gasteiger partial charge in [-0.1, -0.05) is 64.5 Å². The van der Waals surface area contributed by atoms with Crippen LogP contribution in [0.2, 0.25) is 0 Å². The Balaban J connectivity index is 1.55. The van der Waals surface area contributed by atoms with E-state index in [2.05, 4.69) is 42.2 Å². The third kappa shape index (κ3) is 5.00. The van der Waals surface area contributed by atoms with Gasteiger partial charge >= 0.3 is 5.97 Å². The number of benzene rings is 3. The Morgan fingerprint density at radius 1 is 0.903 bits per heavy atom. The number of nitrogens with one attached hydrogen (secondary N) is 1. The standard InChI is InChI=1S/C24H16Br2N2O3/c25-16-10-11-21(19(26)12-16)28-23(29)14-31-24(30)18-13-22(15-6-2-1-3-7-15)27-20-9-5-4-8-17(18)20/h1-13H,14H2,(H,28,29). The highest BCUT2D eigenvalue weighted by Gasteiger charge is 2.17. The molecule has 0 unspecified atom stereocenters. The van der Waals surface area contributed by atoms with Crippen LogP contribution in [-0.2, 0) is 9.53 Å². The van der Waals surface area contributed by atoms with Crippen LogP contribution in [0.1, 0.15) is 10.4 Å². The number of para-hydroxylation sites is 1. The van der Waals surface area contributed by atoms with Crippen LogP contribution in [0.3, 0.4) is 0 Å². The summed E-state index contributed by atoms with van der Waals surface area (Å²) in [5.74, 6) is -1.01. The Labute approximate surface area is 195 Å². The van der Waals surface area contributed by atoms with Gasteiger partial charge in [0.1, 0.15) is 0 Å². The zero-order valence-corrected chi connectivity index (χ0v) is 19.3. The van der Waals surface area contributed by atoms with Gasteiger partial charge in [-0.05, 0) is 46.3 Å². The minimum absolute atomic E-state index is 0.363. The van der Waals surface area contributed by atoms with E-state index in [1.165, 1.54) is 0 Å². The number of hydrogen-bond donors (Lipinski definition) is 1. The molecule has 1 amide bonds. The normalized spacial score (nSPS) is 10.6. The first kappa shape index (κ1) is 21.2. The first-order valence-electron chi connectivity index (χ1n) is 9.38. The van der Waals surface area contributed by atoms with Crippen molar-refractivity contribution in [3.05, 3.63) is 93.4 Å². The van der Waals surface area contributed by atoms with Gasteiger partial charge in [-0.3, -0.25) is 4.79 Å². The number of fused-ring (bicyclic) bond motifs is 1. The van der Waals surface area contributed by atoms with Crippen LogP contribution < -0.4 is 5.32 Å². The number of esters is 1. The summed E-state index contributed by atoms with van der Waals surface area (Å²) < 4.78 is 6.92. The average molecular weight is 540 g/mol. The van der Waals surface area contributed by atoms with Crippen LogP contribution in [-0.4, -0.2) is 23.5 Å². The Hall–Kier alpha value is -3.03. The molecule has 0 spiro atoms. The molecular formula is C24H16Br2N2O3. The summed E-state index contributed by atoms with van der Waals surface area (Å²) in [7, 11) is 0. The molecular weight excluding hydrogens is 524 g/mol. The topological polar surface area (TPSA) is 68.3 Å². The van der Waals surface area contributed by atoms with Crippen LogP contribution in [0.25, 0.3) is 22.2 Å². The van der Waals surface area contributed by atoms with Crippen LogP contribution in [0.15, 0.2) is 87.8 Å². The highest BCUT2D eigenvalue weighted by Crippen LogP contribution is 2.27. The second-order valence-corrected chi connectivity index (χ2v) is 8.46. The fourth-order valence-corrected chi connectivity index (χ4v) is 4.23. The second kappa shape index (κ2) is 9.41. The maximum atomic E-state index is 12.9. The van der Waals surface area contributed by atoms with E-state index in [4.69, 9.17) is 4.74 Å². The van der Waals surface area contributed by atoms with Gasteiger partial charge in [-0.25, -0.2) is 9.78 Å². The summed E-state index contributed by atoms with van der Waals surface area (Å²) in [6, 6.07) is 24.0. The Bertz CT molecular complexity index is 1280. The largest absolute Gasteiger partial charge is 0.452 e. The third-order valence-electron chi connectivity index (χ3n) is 4.55. The van der Waals surface area contributed by atoms with E-state index in [0.717, 1.165) is 10.0 Å². The molecule has 0 aliphatic carbocycles. The van der Waals surface area contributed by atoms with E-state index in [9.17, 15) is 9.59 Å². The average Bonchev–Trinajstić information content (AvgIpc) is 2.79. The molecule has 0 atom stereocenters. The van der Waals surface area contributed by atoms with E-state index in [1.807, 2.05) is 60.7 Å². The predicted molar refractivity (Wildman–Crippen MR) is 128 cm³/mol. The zero-order valence-electron chi connectivity index (χ0n) is 16.1. The van der Waals surface area contributed by atoms with Crippen LogP contribution in [0, 0.1) is 0 Å². The summed E-state index contributed by atoms with van der Waals surface area (Å²) in [6.07, 6.45) is 0. The minimum atomic E-state index is -0.583. The molecule has 1 heterocycles. The van der Waals surface area contributed by atoms with Crippen LogP contribution >= 0.6 is 31.9 Å². The lowest BCUT2D eigenvalue weighted by molar-refractivity contribution is -0.119. The van der Waals surface area contributed by atoms with Crippen molar-refractivity contribution in [2.24, 2.45) is 0 Å². The Morgan fingerprint density at radius 3 is 2.42 bits per heavy atom. The lowest BCUT2D eigenvalue weighted by Gasteiger charge is -2.11. The first-order chi connectivity index (χ1) is 15.0. The van der Waals surface area contributed by atoms with Crippen molar-refractivity contribution in [2.75, 3.05) is 11.9 Å². The summed E-state index contributed by atoms with van der Waals surface area (Å²) in [5.41, 5.74) is 3.18. The van der Waals surface area contributed by atoms with Gasteiger partial charge in [0, 0.05) is 19.9 Å². The van der Waals surface area contributed by atoms with Gasteiger partial charge in [-0.2, -0.15) is 0 Å². The molecule has 5 nitrogen and oxygen atoms in total. The first-order valence-corrected chi connectivity index (χ1v) is 11.0. The molecule has 154 valence electrons. The number of amides is 1. The highest BCUT2D eigenvalue weighted by atomic mass is 79.9.